The van der Waals surface area contributed by atoms with Crippen molar-refractivity contribution in [2.24, 2.45) is 0 Å². The zero-order valence-electron chi connectivity index (χ0n) is 9.13. The normalized spacial score (nSPS) is 13.1. The summed E-state index contributed by atoms with van der Waals surface area (Å²) in [6.07, 6.45) is 1.84. The SMILES string of the molecule is CC(C)=CNc1ccc2c(c1)C(=O)NC2=O. The summed E-state index contributed by atoms with van der Waals surface area (Å²) in [5, 5.41) is 5.31. The molecule has 0 aliphatic carbocycles. The highest BCUT2D eigenvalue weighted by Gasteiger charge is 2.26. The van der Waals surface area contributed by atoms with Crippen molar-refractivity contribution in [2.45, 2.75) is 13.8 Å². The Morgan fingerprint density at radius 1 is 1.19 bits per heavy atom. The first-order valence-electron chi connectivity index (χ1n) is 4.97. The molecule has 1 aromatic rings. The van der Waals surface area contributed by atoms with Crippen LogP contribution in [0.5, 0.6) is 0 Å². The van der Waals surface area contributed by atoms with E-state index in [1.165, 1.54) is 0 Å². The first-order valence-corrected chi connectivity index (χ1v) is 4.97. The lowest BCUT2D eigenvalue weighted by molar-refractivity contribution is 0.0879. The molecule has 2 amide bonds. The Morgan fingerprint density at radius 2 is 1.88 bits per heavy atom. The Labute approximate surface area is 93.3 Å². The molecule has 0 radical (unpaired) electrons. The summed E-state index contributed by atoms with van der Waals surface area (Å²) in [5.41, 5.74) is 2.79. The molecule has 1 aliphatic rings. The van der Waals surface area contributed by atoms with Gasteiger partial charge in [0.15, 0.2) is 0 Å². The van der Waals surface area contributed by atoms with Crippen LogP contribution < -0.4 is 10.6 Å². The number of hydrogen-bond donors (Lipinski definition) is 2. The van der Waals surface area contributed by atoms with E-state index in [4.69, 9.17) is 0 Å². The van der Waals surface area contributed by atoms with Crippen LogP contribution in [-0.4, -0.2) is 11.8 Å². The third kappa shape index (κ3) is 1.82. The fourth-order valence-corrected chi connectivity index (χ4v) is 1.49. The van der Waals surface area contributed by atoms with Gasteiger partial charge in [-0.25, -0.2) is 0 Å². The molecule has 0 saturated heterocycles. The van der Waals surface area contributed by atoms with Gasteiger partial charge in [-0.2, -0.15) is 0 Å². The molecule has 1 aromatic carbocycles. The van der Waals surface area contributed by atoms with Crippen LogP contribution in [0.2, 0.25) is 0 Å². The highest BCUT2D eigenvalue weighted by molar-refractivity contribution is 6.21. The quantitative estimate of drug-likeness (QED) is 0.742. The number of rotatable bonds is 2. The molecule has 0 saturated carbocycles. The van der Waals surface area contributed by atoms with Crippen LogP contribution >= 0.6 is 0 Å². The van der Waals surface area contributed by atoms with Crippen molar-refractivity contribution in [3.8, 4) is 0 Å². The van der Waals surface area contributed by atoms with Crippen LogP contribution in [0.15, 0.2) is 30.0 Å². The lowest BCUT2D eigenvalue weighted by Crippen LogP contribution is -2.19. The minimum Gasteiger partial charge on any atom is -0.362 e. The van der Waals surface area contributed by atoms with Crippen LogP contribution in [0.3, 0.4) is 0 Å². The number of hydrogen-bond acceptors (Lipinski definition) is 3. The van der Waals surface area contributed by atoms with Gasteiger partial charge in [-0.15, -0.1) is 0 Å². The number of carbonyl (C=O) groups excluding carboxylic acids is 2. The van der Waals surface area contributed by atoms with Gasteiger partial charge in [0.05, 0.1) is 11.1 Å². The minimum absolute atomic E-state index is 0.325. The van der Waals surface area contributed by atoms with E-state index in [0.717, 1.165) is 11.3 Å². The van der Waals surface area contributed by atoms with Gasteiger partial charge >= 0.3 is 0 Å². The first-order chi connectivity index (χ1) is 7.58. The Kier molecular flexibility index (Phi) is 2.48. The van der Waals surface area contributed by atoms with E-state index in [9.17, 15) is 9.59 Å². The average Bonchev–Trinajstić information content (AvgIpc) is 2.52. The number of carbonyl (C=O) groups is 2. The number of allylic oxidation sites excluding steroid dienone is 1. The summed E-state index contributed by atoms with van der Waals surface area (Å²) in [4.78, 5) is 22.7. The Morgan fingerprint density at radius 3 is 2.56 bits per heavy atom. The van der Waals surface area contributed by atoms with Crippen LogP contribution in [-0.2, 0) is 0 Å². The molecule has 4 nitrogen and oxygen atoms in total. The molecule has 4 heteroatoms. The maximum atomic E-state index is 11.4. The van der Waals surface area contributed by atoms with Crippen molar-refractivity contribution in [2.75, 3.05) is 5.32 Å². The standard InChI is InChI=1S/C12H12N2O2/c1-7(2)6-13-8-3-4-9-10(5-8)12(16)14-11(9)15/h3-6,13H,1-2H3,(H,14,15,16). The summed E-state index contributed by atoms with van der Waals surface area (Å²) in [5.74, 6) is -0.658. The zero-order chi connectivity index (χ0) is 11.7. The molecule has 0 aromatic heterocycles. The number of amides is 2. The van der Waals surface area contributed by atoms with Crippen molar-refractivity contribution < 1.29 is 9.59 Å². The molecule has 0 unspecified atom stereocenters. The van der Waals surface area contributed by atoms with Crippen molar-refractivity contribution in [3.63, 3.8) is 0 Å². The molecule has 0 bridgehead atoms. The fraction of sp³-hybridized carbons (Fsp3) is 0.167. The predicted molar refractivity (Wildman–Crippen MR) is 61.3 cm³/mol. The first kappa shape index (κ1) is 10.4. The Balaban J connectivity index is 2.33. The minimum atomic E-state index is -0.333. The van der Waals surface area contributed by atoms with Crippen molar-refractivity contribution >= 4 is 17.5 Å². The smallest absolute Gasteiger partial charge is 0.259 e. The number of fused-ring (bicyclic) bond motifs is 1. The summed E-state index contributed by atoms with van der Waals surface area (Å²) in [7, 11) is 0. The predicted octanol–water partition coefficient (Wildman–Crippen LogP) is 1.91. The maximum Gasteiger partial charge on any atom is 0.259 e. The van der Waals surface area contributed by atoms with Crippen molar-refractivity contribution in [1.82, 2.24) is 5.32 Å². The molecule has 82 valence electrons. The zero-order valence-corrected chi connectivity index (χ0v) is 9.13. The van der Waals surface area contributed by atoms with Gasteiger partial charge in [0, 0.05) is 5.69 Å². The van der Waals surface area contributed by atoms with Gasteiger partial charge in [-0.05, 0) is 38.2 Å². The van der Waals surface area contributed by atoms with E-state index < -0.39 is 0 Å². The van der Waals surface area contributed by atoms with Gasteiger partial charge in [0.2, 0.25) is 0 Å². The largest absolute Gasteiger partial charge is 0.362 e. The molecule has 0 fully saturated rings. The third-order valence-corrected chi connectivity index (χ3v) is 2.26. The average molecular weight is 216 g/mol. The van der Waals surface area contributed by atoms with Crippen LogP contribution in [0.1, 0.15) is 34.6 Å². The highest BCUT2D eigenvalue weighted by Crippen LogP contribution is 2.20. The number of nitrogens with one attached hydrogen (secondary N) is 2. The third-order valence-electron chi connectivity index (χ3n) is 2.26. The molecule has 0 atom stereocenters. The molecule has 1 heterocycles. The molecule has 0 spiro atoms. The summed E-state index contributed by atoms with van der Waals surface area (Å²) >= 11 is 0. The molecule has 16 heavy (non-hydrogen) atoms. The number of imide groups is 1. The molecule has 2 rings (SSSR count). The van der Waals surface area contributed by atoms with E-state index in [1.54, 1.807) is 18.2 Å². The summed E-state index contributed by atoms with van der Waals surface area (Å²) < 4.78 is 0. The van der Waals surface area contributed by atoms with E-state index in [-0.39, 0.29) is 11.8 Å². The number of benzene rings is 1. The van der Waals surface area contributed by atoms with E-state index in [2.05, 4.69) is 10.6 Å². The van der Waals surface area contributed by atoms with Crippen molar-refractivity contribution in [1.29, 1.82) is 0 Å². The van der Waals surface area contributed by atoms with Crippen LogP contribution in [0.4, 0.5) is 5.69 Å². The summed E-state index contributed by atoms with van der Waals surface area (Å²) in [6.45, 7) is 3.94. The van der Waals surface area contributed by atoms with Crippen LogP contribution in [0, 0.1) is 0 Å². The van der Waals surface area contributed by atoms with E-state index in [1.807, 2.05) is 20.0 Å². The summed E-state index contributed by atoms with van der Waals surface area (Å²) in [6, 6.07) is 5.10. The molecular weight excluding hydrogens is 204 g/mol. The van der Waals surface area contributed by atoms with Gasteiger partial charge in [0.25, 0.3) is 11.8 Å². The Hall–Kier alpha value is -2.10. The fourth-order valence-electron chi connectivity index (χ4n) is 1.49. The van der Waals surface area contributed by atoms with E-state index >= 15 is 0 Å². The topological polar surface area (TPSA) is 58.2 Å². The second-order valence-corrected chi connectivity index (χ2v) is 3.91. The van der Waals surface area contributed by atoms with Gasteiger partial charge < -0.3 is 5.32 Å². The lowest BCUT2D eigenvalue weighted by Gasteiger charge is -2.02. The second kappa shape index (κ2) is 3.81. The highest BCUT2D eigenvalue weighted by atomic mass is 16.2. The number of anilines is 1. The van der Waals surface area contributed by atoms with Crippen LogP contribution in [0.25, 0.3) is 0 Å². The monoisotopic (exact) mass is 216 g/mol. The van der Waals surface area contributed by atoms with Gasteiger partial charge in [0.1, 0.15) is 0 Å². The second-order valence-electron chi connectivity index (χ2n) is 3.91. The molecular formula is C12H12N2O2. The Bertz CT molecular complexity index is 500. The van der Waals surface area contributed by atoms with E-state index in [0.29, 0.717) is 11.1 Å². The van der Waals surface area contributed by atoms with Gasteiger partial charge in [-0.3, -0.25) is 14.9 Å². The van der Waals surface area contributed by atoms with Crippen molar-refractivity contribution in [3.05, 3.63) is 41.1 Å². The van der Waals surface area contributed by atoms with Gasteiger partial charge in [-0.1, -0.05) is 5.57 Å². The maximum absolute atomic E-state index is 11.4. The lowest BCUT2D eigenvalue weighted by atomic mass is 10.1. The molecule has 2 N–H and O–H groups in total. The molecule has 1 aliphatic heterocycles.